The van der Waals surface area contributed by atoms with Gasteiger partial charge in [-0.05, 0) is 36.8 Å². The number of esters is 1. The van der Waals surface area contributed by atoms with Crippen molar-refractivity contribution in [2.45, 2.75) is 13.0 Å². The highest BCUT2D eigenvalue weighted by Crippen LogP contribution is 2.19. The number of halogens is 1. The quantitative estimate of drug-likeness (QED) is 0.673. The van der Waals surface area contributed by atoms with Crippen LogP contribution in [-0.4, -0.2) is 17.6 Å². The number of benzene rings is 2. The van der Waals surface area contributed by atoms with E-state index in [1.54, 1.807) is 36.4 Å². The maximum absolute atomic E-state index is 12.0. The number of aliphatic hydroxyl groups excluding tert-OH is 1. The molecule has 0 aliphatic heterocycles. The zero-order valence-corrected chi connectivity index (χ0v) is 12.5. The van der Waals surface area contributed by atoms with E-state index >= 15 is 0 Å². The fraction of sp³-hybridized carbons (Fsp3) is 0.188. The Morgan fingerprint density at radius 3 is 2.52 bits per heavy atom. The SMILES string of the molecule is Cc1ccc(C(=O)Oc2cccc(C(O)CN)c2)cc1.Cl. The van der Waals surface area contributed by atoms with Gasteiger partial charge in [0.1, 0.15) is 5.75 Å². The normalized spacial score (nSPS) is 11.4. The zero-order chi connectivity index (χ0) is 14.5. The van der Waals surface area contributed by atoms with E-state index in [2.05, 4.69) is 0 Å². The Hall–Kier alpha value is -1.88. The Bertz CT molecular complexity index is 599. The summed E-state index contributed by atoms with van der Waals surface area (Å²) in [4.78, 5) is 12.0. The highest BCUT2D eigenvalue weighted by Gasteiger charge is 2.10. The average Bonchev–Trinajstić information content (AvgIpc) is 2.47. The fourth-order valence-electron chi connectivity index (χ4n) is 1.78. The molecule has 0 aliphatic carbocycles. The van der Waals surface area contributed by atoms with Crippen molar-refractivity contribution in [3.05, 3.63) is 65.2 Å². The number of carbonyl (C=O) groups excluding carboxylic acids is 1. The first-order valence-electron chi connectivity index (χ1n) is 6.37. The van der Waals surface area contributed by atoms with E-state index in [1.165, 1.54) is 0 Å². The number of nitrogens with two attached hydrogens (primary N) is 1. The predicted octanol–water partition coefficient (Wildman–Crippen LogP) is 2.63. The van der Waals surface area contributed by atoms with Crippen molar-refractivity contribution in [1.29, 1.82) is 0 Å². The number of hydrogen-bond donors (Lipinski definition) is 2. The summed E-state index contributed by atoms with van der Waals surface area (Å²) in [5.41, 5.74) is 7.59. The molecule has 2 rings (SSSR count). The number of ether oxygens (including phenoxy) is 1. The minimum atomic E-state index is -0.756. The second-order valence-corrected chi connectivity index (χ2v) is 4.58. The summed E-state index contributed by atoms with van der Waals surface area (Å²) >= 11 is 0. The highest BCUT2D eigenvalue weighted by molar-refractivity contribution is 5.91. The maximum Gasteiger partial charge on any atom is 0.343 e. The summed E-state index contributed by atoms with van der Waals surface area (Å²) in [5, 5.41) is 9.67. The molecule has 0 aromatic heterocycles. The van der Waals surface area contributed by atoms with Gasteiger partial charge in [-0.3, -0.25) is 0 Å². The molecule has 0 saturated carbocycles. The molecule has 3 N–H and O–H groups in total. The molecule has 1 unspecified atom stereocenters. The first kappa shape index (κ1) is 17.2. The molecule has 0 saturated heterocycles. The minimum absolute atomic E-state index is 0. The van der Waals surface area contributed by atoms with Gasteiger partial charge in [-0.1, -0.05) is 29.8 Å². The molecule has 1 atom stereocenters. The van der Waals surface area contributed by atoms with Gasteiger partial charge in [-0.15, -0.1) is 12.4 Å². The predicted molar refractivity (Wildman–Crippen MR) is 83.8 cm³/mol. The van der Waals surface area contributed by atoms with Crippen LogP contribution in [0.15, 0.2) is 48.5 Å². The van der Waals surface area contributed by atoms with E-state index < -0.39 is 12.1 Å². The summed E-state index contributed by atoms with van der Waals surface area (Å²) in [5.74, 6) is -0.0371. The van der Waals surface area contributed by atoms with E-state index in [9.17, 15) is 9.90 Å². The molecule has 0 heterocycles. The lowest BCUT2D eigenvalue weighted by molar-refractivity contribution is 0.0734. The summed E-state index contributed by atoms with van der Waals surface area (Å²) in [6.07, 6.45) is -0.756. The van der Waals surface area contributed by atoms with Crippen LogP contribution in [0.2, 0.25) is 0 Å². The second-order valence-electron chi connectivity index (χ2n) is 4.58. The van der Waals surface area contributed by atoms with Gasteiger partial charge in [0, 0.05) is 6.54 Å². The van der Waals surface area contributed by atoms with Crippen LogP contribution >= 0.6 is 12.4 Å². The first-order valence-corrected chi connectivity index (χ1v) is 6.37. The van der Waals surface area contributed by atoms with Crippen LogP contribution in [0.25, 0.3) is 0 Å². The standard InChI is InChI=1S/C16H17NO3.ClH/c1-11-5-7-12(8-6-11)16(19)20-14-4-2-3-13(9-14)15(18)10-17;/h2-9,15,18H,10,17H2,1H3;1H. The number of carbonyl (C=O) groups is 1. The molecule has 4 nitrogen and oxygen atoms in total. The largest absolute Gasteiger partial charge is 0.423 e. The van der Waals surface area contributed by atoms with Crippen LogP contribution in [-0.2, 0) is 0 Å². The van der Waals surface area contributed by atoms with Crippen LogP contribution in [0.4, 0.5) is 0 Å². The third-order valence-electron chi connectivity index (χ3n) is 2.96. The Balaban J connectivity index is 0.00000220. The third-order valence-corrected chi connectivity index (χ3v) is 2.96. The summed E-state index contributed by atoms with van der Waals surface area (Å²) in [6.45, 7) is 2.07. The van der Waals surface area contributed by atoms with Gasteiger partial charge in [0.15, 0.2) is 0 Å². The van der Waals surface area contributed by atoms with E-state index in [0.29, 0.717) is 16.9 Å². The lowest BCUT2D eigenvalue weighted by atomic mass is 10.1. The molecule has 21 heavy (non-hydrogen) atoms. The number of rotatable bonds is 4. The van der Waals surface area contributed by atoms with E-state index in [-0.39, 0.29) is 19.0 Å². The van der Waals surface area contributed by atoms with Crippen LogP contribution in [0.5, 0.6) is 5.75 Å². The molecule has 112 valence electrons. The second kappa shape index (κ2) is 7.78. The molecule has 2 aromatic carbocycles. The van der Waals surface area contributed by atoms with E-state index in [1.807, 2.05) is 19.1 Å². The van der Waals surface area contributed by atoms with Crippen molar-refractivity contribution in [1.82, 2.24) is 0 Å². The van der Waals surface area contributed by atoms with Crippen LogP contribution in [0.3, 0.4) is 0 Å². The van der Waals surface area contributed by atoms with Gasteiger partial charge in [-0.25, -0.2) is 4.79 Å². The Morgan fingerprint density at radius 1 is 1.24 bits per heavy atom. The molecule has 0 fully saturated rings. The molecule has 2 aromatic rings. The van der Waals surface area contributed by atoms with Gasteiger partial charge in [0.05, 0.1) is 11.7 Å². The van der Waals surface area contributed by atoms with Gasteiger partial charge in [-0.2, -0.15) is 0 Å². The fourth-order valence-corrected chi connectivity index (χ4v) is 1.78. The summed E-state index contributed by atoms with van der Waals surface area (Å²) in [7, 11) is 0. The molecule has 0 bridgehead atoms. The van der Waals surface area contributed by atoms with Crippen LogP contribution < -0.4 is 10.5 Å². The minimum Gasteiger partial charge on any atom is -0.423 e. The Morgan fingerprint density at radius 2 is 1.90 bits per heavy atom. The Labute approximate surface area is 130 Å². The summed E-state index contributed by atoms with van der Waals surface area (Å²) in [6, 6.07) is 13.9. The van der Waals surface area contributed by atoms with Crippen molar-refractivity contribution in [3.63, 3.8) is 0 Å². The Kier molecular flexibility index (Phi) is 6.37. The number of hydrogen-bond acceptors (Lipinski definition) is 4. The van der Waals surface area contributed by atoms with Crippen molar-refractivity contribution in [3.8, 4) is 5.75 Å². The van der Waals surface area contributed by atoms with Crippen LogP contribution in [0, 0.1) is 6.92 Å². The van der Waals surface area contributed by atoms with Gasteiger partial charge >= 0.3 is 5.97 Å². The molecular weight excluding hydrogens is 290 g/mol. The lowest BCUT2D eigenvalue weighted by Gasteiger charge is -2.10. The van der Waals surface area contributed by atoms with E-state index in [4.69, 9.17) is 10.5 Å². The summed E-state index contributed by atoms with van der Waals surface area (Å²) < 4.78 is 5.28. The van der Waals surface area contributed by atoms with Crippen molar-refractivity contribution in [2.75, 3.05) is 6.54 Å². The lowest BCUT2D eigenvalue weighted by Crippen LogP contribution is -2.12. The highest BCUT2D eigenvalue weighted by atomic mass is 35.5. The van der Waals surface area contributed by atoms with Crippen molar-refractivity contribution < 1.29 is 14.6 Å². The molecule has 0 radical (unpaired) electrons. The van der Waals surface area contributed by atoms with Crippen molar-refractivity contribution >= 4 is 18.4 Å². The van der Waals surface area contributed by atoms with Gasteiger partial charge in [0.2, 0.25) is 0 Å². The van der Waals surface area contributed by atoms with E-state index in [0.717, 1.165) is 5.56 Å². The molecule has 0 spiro atoms. The molecule has 5 heteroatoms. The monoisotopic (exact) mass is 307 g/mol. The van der Waals surface area contributed by atoms with Gasteiger partial charge < -0.3 is 15.6 Å². The first-order chi connectivity index (χ1) is 9.60. The zero-order valence-electron chi connectivity index (χ0n) is 11.7. The third kappa shape index (κ3) is 4.56. The molecular formula is C16H18ClNO3. The number of aryl methyl sites for hydroxylation is 1. The molecule has 0 aliphatic rings. The number of aliphatic hydroxyl groups is 1. The van der Waals surface area contributed by atoms with Gasteiger partial charge in [0.25, 0.3) is 0 Å². The topological polar surface area (TPSA) is 72.5 Å². The molecule has 0 amide bonds. The van der Waals surface area contributed by atoms with Crippen molar-refractivity contribution in [2.24, 2.45) is 5.73 Å². The maximum atomic E-state index is 12.0. The van der Waals surface area contributed by atoms with Crippen LogP contribution in [0.1, 0.15) is 27.6 Å². The average molecular weight is 308 g/mol. The smallest absolute Gasteiger partial charge is 0.343 e.